The van der Waals surface area contributed by atoms with Crippen LogP contribution in [-0.2, 0) is 19.2 Å². The summed E-state index contributed by atoms with van der Waals surface area (Å²) in [6.07, 6.45) is 0.301. The van der Waals surface area contributed by atoms with E-state index in [1.54, 1.807) is 0 Å². The van der Waals surface area contributed by atoms with Crippen molar-refractivity contribution in [3.63, 3.8) is 0 Å². The van der Waals surface area contributed by atoms with Gasteiger partial charge in [-0.25, -0.2) is 0 Å². The van der Waals surface area contributed by atoms with E-state index in [0.717, 1.165) is 0 Å². The molecule has 0 heterocycles. The molecule has 0 aromatic heterocycles. The summed E-state index contributed by atoms with van der Waals surface area (Å²) in [4.78, 5) is 46.8. The van der Waals surface area contributed by atoms with E-state index < -0.39 is 54.5 Å². The number of hydrogen-bond acceptors (Lipinski definition) is 6. The summed E-state index contributed by atoms with van der Waals surface area (Å²) in [7, 11) is 0. The van der Waals surface area contributed by atoms with Crippen molar-refractivity contribution in [3.05, 3.63) is 0 Å². The van der Waals surface area contributed by atoms with Gasteiger partial charge in [-0.05, 0) is 26.2 Å². The molecule has 0 aliphatic heterocycles. The fraction of sp³-hybridized carbons (Fsp3) is 0.733. The van der Waals surface area contributed by atoms with Gasteiger partial charge in [-0.3, -0.25) is 19.2 Å². The third-order valence-corrected chi connectivity index (χ3v) is 3.30. The molecule has 0 aliphatic rings. The van der Waals surface area contributed by atoms with Gasteiger partial charge < -0.3 is 31.9 Å². The summed E-state index contributed by atoms with van der Waals surface area (Å²) in [6, 6.07) is -4.26. The third-order valence-electron chi connectivity index (χ3n) is 3.30. The largest absolute Gasteiger partial charge is 0.480 e. The summed E-state index contributed by atoms with van der Waals surface area (Å²) in [5.41, 5.74) is 5.47. The molecule has 0 bridgehead atoms. The van der Waals surface area contributed by atoms with Gasteiger partial charge in [0.2, 0.25) is 17.7 Å². The standard InChI is InChI=1S/C15H28N4O6/c1-7(2)5-10(18-12(21)8(3)16)13(22)19-11(6-20)14(23)17-9(4)15(24)25/h7-11,20H,5-6,16H2,1-4H3,(H,17,23)(H,18,21)(H,19,22)(H,24,25). The quantitative estimate of drug-likeness (QED) is 0.260. The van der Waals surface area contributed by atoms with Crippen LogP contribution >= 0.6 is 0 Å². The molecule has 0 fully saturated rings. The first-order valence-corrected chi connectivity index (χ1v) is 7.99. The molecule has 0 aromatic carbocycles. The molecule has 0 spiro atoms. The van der Waals surface area contributed by atoms with E-state index >= 15 is 0 Å². The lowest BCUT2D eigenvalue weighted by atomic mass is 10.0. The maximum absolute atomic E-state index is 12.4. The number of aliphatic carboxylic acids is 1. The van der Waals surface area contributed by atoms with Gasteiger partial charge in [-0.1, -0.05) is 13.8 Å². The van der Waals surface area contributed by atoms with Crippen LogP contribution in [0.3, 0.4) is 0 Å². The van der Waals surface area contributed by atoms with Gasteiger partial charge in [0.15, 0.2) is 0 Å². The van der Waals surface area contributed by atoms with E-state index in [2.05, 4.69) is 16.0 Å². The van der Waals surface area contributed by atoms with Gasteiger partial charge in [0, 0.05) is 0 Å². The molecule has 25 heavy (non-hydrogen) atoms. The highest BCUT2D eigenvalue weighted by molar-refractivity contribution is 5.94. The Labute approximate surface area is 146 Å². The van der Waals surface area contributed by atoms with Gasteiger partial charge in [0.25, 0.3) is 0 Å². The Balaban J connectivity index is 5.00. The minimum atomic E-state index is -1.34. The zero-order chi connectivity index (χ0) is 19.7. The topological polar surface area (TPSA) is 171 Å². The highest BCUT2D eigenvalue weighted by Crippen LogP contribution is 2.06. The number of carbonyl (C=O) groups excluding carboxylic acids is 3. The average Bonchev–Trinajstić information content (AvgIpc) is 2.50. The van der Waals surface area contributed by atoms with E-state index in [1.807, 2.05) is 13.8 Å². The van der Waals surface area contributed by atoms with Gasteiger partial charge in [-0.15, -0.1) is 0 Å². The highest BCUT2D eigenvalue weighted by Gasteiger charge is 2.28. The van der Waals surface area contributed by atoms with Crippen molar-refractivity contribution in [3.8, 4) is 0 Å². The molecule has 10 nitrogen and oxygen atoms in total. The predicted octanol–water partition coefficient (Wildman–Crippen LogP) is -2.07. The fourth-order valence-corrected chi connectivity index (χ4v) is 1.85. The molecule has 4 unspecified atom stereocenters. The first-order valence-electron chi connectivity index (χ1n) is 7.99. The van der Waals surface area contributed by atoms with E-state index in [1.165, 1.54) is 13.8 Å². The van der Waals surface area contributed by atoms with Crippen LogP contribution in [0, 0.1) is 5.92 Å². The number of rotatable bonds is 10. The molecule has 0 aromatic rings. The zero-order valence-corrected chi connectivity index (χ0v) is 14.9. The molecule has 0 radical (unpaired) electrons. The monoisotopic (exact) mass is 360 g/mol. The van der Waals surface area contributed by atoms with Crippen molar-refractivity contribution in [2.45, 2.75) is 58.3 Å². The van der Waals surface area contributed by atoms with Crippen LogP contribution in [0.25, 0.3) is 0 Å². The molecule has 10 heteroatoms. The minimum Gasteiger partial charge on any atom is -0.480 e. The van der Waals surface area contributed by atoms with Crippen LogP contribution in [0.15, 0.2) is 0 Å². The van der Waals surface area contributed by atoms with Crippen LogP contribution < -0.4 is 21.7 Å². The van der Waals surface area contributed by atoms with E-state index in [0.29, 0.717) is 6.42 Å². The molecule has 7 N–H and O–H groups in total. The van der Waals surface area contributed by atoms with Crippen LogP contribution in [0.2, 0.25) is 0 Å². The molecular weight excluding hydrogens is 332 g/mol. The molecule has 144 valence electrons. The summed E-state index contributed by atoms with van der Waals surface area (Å²) in [6.45, 7) is 5.70. The minimum absolute atomic E-state index is 0.0672. The van der Waals surface area contributed by atoms with E-state index in [9.17, 15) is 24.3 Å². The number of amides is 3. The van der Waals surface area contributed by atoms with Gasteiger partial charge in [0.05, 0.1) is 12.6 Å². The third kappa shape index (κ3) is 8.45. The predicted molar refractivity (Wildman–Crippen MR) is 89.3 cm³/mol. The number of aliphatic hydroxyl groups is 1. The Morgan fingerprint density at radius 2 is 1.36 bits per heavy atom. The summed E-state index contributed by atoms with van der Waals surface area (Å²) < 4.78 is 0. The second kappa shape index (κ2) is 10.6. The number of hydrogen-bond donors (Lipinski definition) is 6. The second-order valence-electron chi connectivity index (χ2n) is 6.29. The van der Waals surface area contributed by atoms with Crippen molar-refractivity contribution >= 4 is 23.7 Å². The van der Waals surface area contributed by atoms with Crippen molar-refractivity contribution < 1.29 is 29.4 Å². The van der Waals surface area contributed by atoms with Crippen LogP contribution in [0.4, 0.5) is 0 Å². The number of nitrogens with one attached hydrogen (secondary N) is 3. The van der Waals surface area contributed by atoms with Crippen molar-refractivity contribution in [1.82, 2.24) is 16.0 Å². The molecule has 0 rings (SSSR count). The zero-order valence-electron chi connectivity index (χ0n) is 14.9. The lowest BCUT2D eigenvalue weighted by Crippen LogP contribution is -2.57. The molecule has 0 aliphatic carbocycles. The van der Waals surface area contributed by atoms with Gasteiger partial charge in [0.1, 0.15) is 18.1 Å². The SMILES string of the molecule is CC(C)CC(NC(=O)C(C)N)C(=O)NC(CO)C(=O)NC(C)C(=O)O. The Morgan fingerprint density at radius 3 is 1.76 bits per heavy atom. The number of carboxylic acids is 1. The number of nitrogens with two attached hydrogens (primary N) is 1. The Bertz CT molecular complexity index is 494. The fourth-order valence-electron chi connectivity index (χ4n) is 1.85. The van der Waals surface area contributed by atoms with Crippen LogP contribution in [0.5, 0.6) is 0 Å². The highest BCUT2D eigenvalue weighted by atomic mass is 16.4. The number of carboxylic acid groups (broad SMARTS) is 1. The molecule has 3 amide bonds. The second-order valence-corrected chi connectivity index (χ2v) is 6.29. The maximum atomic E-state index is 12.4. The Hall–Kier alpha value is -2.20. The summed E-state index contributed by atoms with van der Waals surface area (Å²) >= 11 is 0. The van der Waals surface area contributed by atoms with Crippen molar-refractivity contribution in [2.24, 2.45) is 11.7 Å². The summed E-state index contributed by atoms with van der Waals surface area (Å²) in [5.74, 6) is -3.21. The molecule has 4 atom stereocenters. The van der Waals surface area contributed by atoms with Crippen molar-refractivity contribution in [1.29, 1.82) is 0 Å². The normalized spacial score (nSPS) is 15.6. The van der Waals surface area contributed by atoms with Crippen LogP contribution in [-0.4, -0.2) is 64.7 Å². The van der Waals surface area contributed by atoms with Crippen LogP contribution in [0.1, 0.15) is 34.1 Å². The number of carbonyl (C=O) groups is 4. The summed E-state index contributed by atoms with van der Waals surface area (Å²) in [5, 5.41) is 25.0. The lowest BCUT2D eigenvalue weighted by molar-refractivity contribution is -0.142. The smallest absolute Gasteiger partial charge is 0.325 e. The average molecular weight is 360 g/mol. The van der Waals surface area contributed by atoms with Gasteiger partial charge >= 0.3 is 5.97 Å². The molecule has 0 saturated heterocycles. The molecular formula is C15H28N4O6. The maximum Gasteiger partial charge on any atom is 0.325 e. The van der Waals surface area contributed by atoms with E-state index in [-0.39, 0.29) is 5.92 Å². The van der Waals surface area contributed by atoms with Crippen molar-refractivity contribution in [2.75, 3.05) is 6.61 Å². The number of aliphatic hydroxyl groups excluding tert-OH is 1. The first kappa shape index (κ1) is 22.8. The van der Waals surface area contributed by atoms with Gasteiger partial charge in [-0.2, -0.15) is 0 Å². The van der Waals surface area contributed by atoms with E-state index in [4.69, 9.17) is 10.8 Å². The Kier molecular flexibility index (Phi) is 9.69. The Morgan fingerprint density at radius 1 is 0.880 bits per heavy atom. The molecule has 0 saturated carbocycles. The first-order chi connectivity index (χ1) is 11.5. The lowest BCUT2D eigenvalue weighted by Gasteiger charge is -2.24.